The number of hydrogen-bond donors (Lipinski definition) is 1. The molecule has 2 N–H and O–H groups in total. The van der Waals surface area contributed by atoms with Crippen LogP contribution in [0, 0.1) is 12.7 Å². The van der Waals surface area contributed by atoms with Crippen molar-refractivity contribution in [3.8, 4) is 0 Å². The van der Waals surface area contributed by atoms with E-state index in [1.807, 2.05) is 13.0 Å². The average Bonchev–Trinajstić information content (AvgIpc) is 2.90. The maximum Gasteiger partial charge on any atom is 0.126 e. The minimum atomic E-state index is -0.114. The van der Waals surface area contributed by atoms with Crippen LogP contribution in [0.4, 0.5) is 4.39 Å². The van der Waals surface area contributed by atoms with Gasteiger partial charge in [0.1, 0.15) is 5.82 Å². The Kier molecular flexibility index (Phi) is 1.88. The monoisotopic (exact) mass is 179 g/mol. The summed E-state index contributed by atoms with van der Waals surface area (Å²) >= 11 is 0. The van der Waals surface area contributed by atoms with Gasteiger partial charge < -0.3 is 5.73 Å². The molecule has 0 heterocycles. The largest absolute Gasteiger partial charge is 0.330 e. The molecule has 0 radical (unpaired) electrons. The van der Waals surface area contributed by atoms with Gasteiger partial charge in [-0.3, -0.25) is 0 Å². The Hall–Kier alpha value is -0.890. The maximum absolute atomic E-state index is 13.2. The van der Waals surface area contributed by atoms with Crippen LogP contribution in [0.25, 0.3) is 0 Å². The van der Waals surface area contributed by atoms with Crippen LogP contribution in [0.3, 0.4) is 0 Å². The van der Waals surface area contributed by atoms with Gasteiger partial charge in [-0.05, 0) is 37.0 Å². The van der Waals surface area contributed by atoms with E-state index >= 15 is 0 Å². The first-order chi connectivity index (χ1) is 6.19. The van der Waals surface area contributed by atoms with Crippen LogP contribution in [0.15, 0.2) is 18.2 Å². The quantitative estimate of drug-likeness (QED) is 0.739. The molecule has 1 nitrogen and oxygen atoms in total. The SMILES string of the molecule is Cc1c(F)cccc1C1(CN)CC1. The summed E-state index contributed by atoms with van der Waals surface area (Å²) in [5, 5.41) is 0. The summed E-state index contributed by atoms with van der Waals surface area (Å²) in [5.74, 6) is -0.114. The fourth-order valence-corrected chi connectivity index (χ4v) is 1.92. The molecule has 70 valence electrons. The van der Waals surface area contributed by atoms with Gasteiger partial charge in [-0.15, -0.1) is 0 Å². The van der Waals surface area contributed by atoms with Crippen molar-refractivity contribution in [2.45, 2.75) is 25.2 Å². The lowest BCUT2D eigenvalue weighted by Crippen LogP contribution is -2.21. The number of benzene rings is 1. The Bertz CT molecular complexity index is 329. The third-order valence-corrected chi connectivity index (χ3v) is 3.08. The van der Waals surface area contributed by atoms with Gasteiger partial charge in [0.2, 0.25) is 0 Å². The van der Waals surface area contributed by atoms with Gasteiger partial charge in [-0.1, -0.05) is 12.1 Å². The highest BCUT2D eigenvalue weighted by Gasteiger charge is 2.43. The second kappa shape index (κ2) is 2.81. The molecule has 2 rings (SSSR count). The van der Waals surface area contributed by atoms with E-state index in [4.69, 9.17) is 5.73 Å². The summed E-state index contributed by atoms with van der Waals surface area (Å²) in [4.78, 5) is 0. The molecule has 0 atom stereocenters. The number of rotatable bonds is 2. The van der Waals surface area contributed by atoms with Crippen LogP contribution < -0.4 is 5.73 Å². The van der Waals surface area contributed by atoms with Crippen LogP contribution in [0.2, 0.25) is 0 Å². The molecule has 0 aromatic heterocycles. The molecular formula is C11H14FN. The third-order valence-electron chi connectivity index (χ3n) is 3.08. The molecule has 0 bridgehead atoms. The standard InChI is InChI=1S/C11H14FN/c1-8-9(3-2-4-10(8)12)11(7-13)5-6-11/h2-4H,5-7,13H2,1H3. The van der Waals surface area contributed by atoms with E-state index in [9.17, 15) is 4.39 Å². The van der Waals surface area contributed by atoms with Crippen molar-refractivity contribution in [2.24, 2.45) is 5.73 Å². The van der Waals surface area contributed by atoms with Gasteiger partial charge in [0.05, 0.1) is 0 Å². The van der Waals surface area contributed by atoms with E-state index in [1.54, 1.807) is 6.07 Å². The average molecular weight is 179 g/mol. The van der Waals surface area contributed by atoms with E-state index in [-0.39, 0.29) is 11.2 Å². The molecular weight excluding hydrogens is 165 g/mol. The molecule has 0 amide bonds. The van der Waals surface area contributed by atoms with Crippen LogP contribution in [0.5, 0.6) is 0 Å². The van der Waals surface area contributed by atoms with Gasteiger partial charge in [-0.2, -0.15) is 0 Å². The number of halogens is 1. The van der Waals surface area contributed by atoms with Crippen molar-refractivity contribution in [2.75, 3.05) is 6.54 Å². The normalized spacial score (nSPS) is 18.7. The van der Waals surface area contributed by atoms with Gasteiger partial charge in [0.25, 0.3) is 0 Å². The molecule has 1 aromatic carbocycles. The zero-order valence-corrected chi connectivity index (χ0v) is 7.81. The van der Waals surface area contributed by atoms with Crippen molar-refractivity contribution in [1.82, 2.24) is 0 Å². The summed E-state index contributed by atoms with van der Waals surface area (Å²) < 4.78 is 13.2. The number of nitrogens with two attached hydrogens (primary N) is 1. The second-order valence-electron chi connectivity index (χ2n) is 3.90. The first-order valence-electron chi connectivity index (χ1n) is 4.65. The first kappa shape index (κ1) is 8.70. The van der Waals surface area contributed by atoms with E-state index in [0.717, 1.165) is 24.0 Å². The minimum Gasteiger partial charge on any atom is -0.330 e. The fraction of sp³-hybridized carbons (Fsp3) is 0.455. The van der Waals surface area contributed by atoms with E-state index in [1.165, 1.54) is 6.07 Å². The van der Waals surface area contributed by atoms with Crippen LogP contribution in [0.1, 0.15) is 24.0 Å². The van der Waals surface area contributed by atoms with E-state index in [0.29, 0.717) is 6.54 Å². The van der Waals surface area contributed by atoms with Crippen molar-refractivity contribution >= 4 is 0 Å². The zero-order valence-electron chi connectivity index (χ0n) is 7.81. The molecule has 0 unspecified atom stereocenters. The molecule has 13 heavy (non-hydrogen) atoms. The van der Waals surface area contributed by atoms with Crippen LogP contribution >= 0.6 is 0 Å². The molecule has 1 fully saturated rings. The highest BCUT2D eigenvalue weighted by atomic mass is 19.1. The van der Waals surface area contributed by atoms with Crippen molar-refractivity contribution < 1.29 is 4.39 Å². The topological polar surface area (TPSA) is 26.0 Å². The van der Waals surface area contributed by atoms with Crippen molar-refractivity contribution in [3.63, 3.8) is 0 Å². The van der Waals surface area contributed by atoms with Crippen LogP contribution in [-0.4, -0.2) is 6.54 Å². The molecule has 0 spiro atoms. The summed E-state index contributed by atoms with van der Waals surface area (Å²) in [6, 6.07) is 5.27. The zero-order chi connectivity index (χ0) is 9.47. The van der Waals surface area contributed by atoms with Crippen LogP contribution in [-0.2, 0) is 5.41 Å². The van der Waals surface area contributed by atoms with Crippen molar-refractivity contribution in [1.29, 1.82) is 0 Å². The minimum absolute atomic E-state index is 0.103. The van der Waals surface area contributed by atoms with Gasteiger partial charge in [-0.25, -0.2) is 4.39 Å². The van der Waals surface area contributed by atoms with E-state index < -0.39 is 0 Å². The molecule has 1 aliphatic carbocycles. The highest BCUT2D eigenvalue weighted by molar-refractivity contribution is 5.38. The Morgan fingerprint density at radius 1 is 1.46 bits per heavy atom. The molecule has 0 saturated heterocycles. The lowest BCUT2D eigenvalue weighted by molar-refractivity contribution is 0.604. The third kappa shape index (κ3) is 1.25. The second-order valence-corrected chi connectivity index (χ2v) is 3.90. The first-order valence-corrected chi connectivity index (χ1v) is 4.65. The van der Waals surface area contributed by atoms with Gasteiger partial charge in [0.15, 0.2) is 0 Å². The predicted octanol–water partition coefficient (Wildman–Crippen LogP) is 2.12. The molecule has 1 saturated carbocycles. The maximum atomic E-state index is 13.2. The highest BCUT2D eigenvalue weighted by Crippen LogP contribution is 2.48. The molecule has 1 aromatic rings. The summed E-state index contributed by atoms with van der Waals surface area (Å²) in [5.41, 5.74) is 7.68. The number of hydrogen-bond acceptors (Lipinski definition) is 1. The Morgan fingerprint density at radius 2 is 2.15 bits per heavy atom. The molecule has 0 aliphatic heterocycles. The fourth-order valence-electron chi connectivity index (χ4n) is 1.92. The summed E-state index contributed by atoms with van der Waals surface area (Å²) in [6.45, 7) is 2.47. The Balaban J connectivity index is 2.46. The van der Waals surface area contributed by atoms with Crippen molar-refractivity contribution in [3.05, 3.63) is 35.1 Å². The Labute approximate surface area is 77.8 Å². The Morgan fingerprint density at radius 3 is 2.69 bits per heavy atom. The summed E-state index contributed by atoms with van der Waals surface area (Å²) in [7, 11) is 0. The van der Waals surface area contributed by atoms with Gasteiger partial charge in [0, 0.05) is 12.0 Å². The van der Waals surface area contributed by atoms with E-state index in [2.05, 4.69) is 0 Å². The smallest absolute Gasteiger partial charge is 0.126 e. The predicted molar refractivity (Wildman–Crippen MR) is 51.1 cm³/mol. The summed E-state index contributed by atoms with van der Waals surface area (Å²) in [6.07, 6.45) is 2.21. The lowest BCUT2D eigenvalue weighted by atomic mass is 9.92. The molecule has 2 heteroatoms. The van der Waals surface area contributed by atoms with Gasteiger partial charge >= 0.3 is 0 Å². The lowest BCUT2D eigenvalue weighted by Gasteiger charge is -2.15. The molecule has 1 aliphatic rings.